The molecule has 29 heavy (non-hydrogen) atoms. The average molecular weight is 431 g/mol. The van der Waals surface area contributed by atoms with Crippen LogP contribution in [0.4, 0.5) is 0 Å². The van der Waals surface area contributed by atoms with Gasteiger partial charge in [-0.05, 0) is 31.2 Å². The lowest BCUT2D eigenvalue weighted by Gasteiger charge is -2.28. The molecule has 3 aromatic rings. The van der Waals surface area contributed by atoms with Crippen molar-refractivity contribution in [1.29, 1.82) is 0 Å². The third kappa shape index (κ3) is 4.24. The Morgan fingerprint density at radius 3 is 2.48 bits per heavy atom. The molecule has 1 aliphatic heterocycles. The molecule has 7 heteroatoms. The fraction of sp³-hybridized carbons (Fsp3) is 0.182. The molecule has 0 aromatic heterocycles. The molecule has 1 heterocycles. The molecule has 0 aliphatic carbocycles. The van der Waals surface area contributed by atoms with Crippen LogP contribution in [0, 0.1) is 6.92 Å². The van der Waals surface area contributed by atoms with E-state index in [9.17, 15) is 8.42 Å². The Morgan fingerprint density at radius 2 is 1.72 bits per heavy atom. The first kappa shape index (κ1) is 19.8. The molecule has 1 atom stereocenters. The van der Waals surface area contributed by atoms with Crippen molar-refractivity contribution in [3.63, 3.8) is 0 Å². The highest BCUT2D eigenvalue weighted by Crippen LogP contribution is 2.43. The molecular weight excluding hydrogens is 412 g/mol. The normalized spacial score (nSPS) is 15.9. The van der Waals surface area contributed by atoms with E-state index in [0.717, 1.165) is 16.7 Å². The van der Waals surface area contributed by atoms with E-state index in [1.54, 1.807) is 24.3 Å². The van der Waals surface area contributed by atoms with Crippen LogP contribution in [-0.2, 0) is 14.3 Å². The summed E-state index contributed by atoms with van der Waals surface area (Å²) < 4.78 is 41.9. The van der Waals surface area contributed by atoms with E-state index < -0.39 is 16.2 Å². The number of halogens is 1. The first-order chi connectivity index (χ1) is 13.9. The second-order valence-corrected chi connectivity index (χ2v) is 8.74. The lowest BCUT2D eigenvalue weighted by Crippen LogP contribution is -2.34. The van der Waals surface area contributed by atoms with Gasteiger partial charge in [0.25, 0.3) is 10.1 Å². The van der Waals surface area contributed by atoms with Crippen molar-refractivity contribution >= 4 is 21.7 Å². The molecule has 0 fully saturated rings. The zero-order chi connectivity index (χ0) is 20.4. The van der Waals surface area contributed by atoms with Crippen LogP contribution in [0.3, 0.4) is 0 Å². The van der Waals surface area contributed by atoms with Crippen LogP contribution in [0.15, 0.2) is 71.6 Å². The van der Waals surface area contributed by atoms with E-state index in [4.69, 9.17) is 25.3 Å². The number of rotatable bonds is 5. The Balaban J connectivity index is 1.53. The van der Waals surface area contributed by atoms with Crippen LogP contribution in [0.1, 0.15) is 5.56 Å². The van der Waals surface area contributed by atoms with Crippen molar-refractivity contribution in [2.45, 2.75) is 17.9 Å². The van der Waals surface area contributed by atoms with E-state index >= 15 is 0 Å². The minimum Gasteiger partial charge on any atom is -0.486 e. The van der Waals surface area contributed by atoms with E-state index in [1.807, 2.05) is 37.3 Å². The minimum atomic E-state index is -3.88. The summed E-state index contributed by atoms with van der Waals surface area (Å²) in [6.45, 7) is 1.91. The fourth-order valence-corrected chi connectivity index (χ4v) is 4.22. The molecule has 0 saturated heterocycles. The van der Waals surface area contributed by atoms with E-state index in [-0.39, 0.29) is 18.1 Å². The second-order valence-electron chi connectivity index (χ2n) is 6.72. The summed E-state index contributed by atoms with van der Waals surface area (Å²) in [7, 11) is -3.88. The van der Waals surface area contributed by atoms with Crippen molar-refractivity contribution in [2.24, 2.45) is 0 Å². The van der Waals surface area contributed by atoms with Crippen LogP contribution < -0.4 is 9.47 Å². The summed E-state index contributed by atoms with van der Waals surface area (Å²) in [5, 5.41) is 0.588. The molecule has 0 bridgehead atoms. The predicted molar refractivity (Wildman–Crippen MR) is 111 cm³/mol. The highest BCUT2D eigenvalue weighted by molar-refractivity contribution is 7.86. The highest BCUT2D eigenvalue weighted by Gasteiger charge is 2.27. The number of hydrogen-bond donors (Lipinski definition) is 0. The molecule has 3 aromatic carbocycles. The lowest BCUT2D eigenvalue weighted by molar-refractivity contribution is 0.0561. The van der Waals surface area contributed by atoms with Gasteiger partial charge in [-0.15, -0.1) is 0 Å². The monoisotopic (exact) mass is 430 g/mol. The van der Waals surface area contributed by atoms with E-state index in [2.05, 4.69) is 0 Å². The summed E-state index contributed by atoms with van der Waals surface area (Å²) in [6, 6.07) is 19.5. The molecule has 0 amide bonds. The van der Waals surface area contributed by atoms with Crippen LogP contribution in [0.25, 0.3) is 11.1 Å². The van der Waals surface area contributed by atoms with Crippen LogP contribution in [0.5, 0.6) is 11.5 Å². The Kier molecular flexibility index (Phi) is 5.50. The maximum absolute atomic E-state index is 12.4. The predicted octanol–water partition coefficient (Wildman–Crippen LogP) is 4.86. The van der Waals surface area contributed by atoms with Gasteiger partial charge in [-0.2, -0.15) is 8.42 Å². The third-order valence-electron chi connectivity index (χ3n) is 4.57. The third-order valence-corrected chi connectivity index (χ3v) is 6.20. The molecular formula is C22H19ClO5S. The minimum absolute atomic E-state index is 0.108. The quantitative estimate of drug-likeness (QED) is 0.541. The Labute approximate surface area is 174 Å². The standard InChI is InChI=1S/C22H19ClO5S/c1-15-9-11-17(12-10-15)29(24,25)27-14-16-13-26-21-8-4-6-19(22(21)28-16)18-5-2-3-7-20(18)23/h2-12,16H,13-14H2,1H3. The Morgan fingerprint density at radius 1 is 1.00 bits per heavy atom. The Hall–Kier alpha value is -2.54. The SMILES string of the molecule is Cc1ccc(S(=O)(=O)OCC2COc3cccc(-c4ccccc4Cl)c3O2)cc1. The Bertz CT molecular complexity index is 1130. The lowest BCUT2D eigenvalue weighted by atomic mass is 10.0. The largest absolute Gasteiger partial charge is 0.486 e. The van der Waals surface area contributed by atoms with Crippen molar-refractivity contribution in [1.82, 2.24) is 0 Å². The van der Waals surface area contributed by atoms with E-state index in [0.29, 0.717) is 16.5 Å². The van der Waals surface area contributed by atoms with Crippen molar-refractivity contribution < 1.29 is 22.1 Å². The molecule has 0 N–H and O–H groups in total. The number of aryl methyl sites for hydroxylation is 1. The molecule has 0 spiro atoms. The van der Waals surface area contributed by atoms with Gasteiger partial charge >= 0.3 is 0 Å². The fourth-order valence-electron chi connectivity index (χ4n) is 3.05. The molecule has 0 radical (unpaired) electrons. The van der Waals surface area contributed by atoms with Gasteiger partial charge < -0.3 is 9.47 Å². The highest BCUT2D eigenvalue weighted by atomic mass is 35.5. The first-order valence-corrected chi connectivity index (χ1v) is 10.9. The van der Waals surface area contributed by atoms with Gasteiger partial charge in [0.15, 0.2) is 17.6 Å². The van der Waals surface area contributed by atoms with Crippen molar-refractivity contribution in [2.75, 3.05) is 13.2 Å². The van der Waals surface area contributed by atoms with Crippen LogP contribution in [-0.4, -0.2) is 27.7 Å². The van der Waals surface area contributed by atoms with Crippen molar-refractivity contribution in [3.05, 3.63) is 77.3 Å². The number of fused-ring (bicyclic) bond motifs is 1. The maximum atomic E-state index is 12.4. The summed E-state index contributed by atoms with van der Waals surface area (Å²) in [5.74, 6) is 1.10. The molecule has 5 nitrogen and oxygen atoms in total. The topological polar surface area (TPSA) is 61.8 Å². The second kappa shape index (κ2) is 8.06. The van der Waals surface area contributed by atoms with Gasteiger partial charge in [0.05, 0.1) is 4.90 Å². The van der Waals surface area contributed by atoms with E-state index in [1.165, 1.54) is 12.1 Å². The van der Waals surface area contributed by atoms with Crippen LogP contribution >= 0.6 is 11.6 Å². The summed E-state index contributed by atoms with van der Waals surface area (Å²) in [6.07, 6.45) is -0.577. The maximum Gasteiger partial charge on any atom is 0.297 e. The smallest absolute Gasteiger partial charge is 0.297 e. The van der Waals surface area contributed by atoms with Crippen LogP contribution in [0.2, 0.25) is 5.02 Å². The zero-order valence-corrected chi connectivity index (χ0v) is 17.2. The van der Waals surface area contributed by atoms with Gasteiger partial charge in [0.2, 0.25) is 0 Å². The first-order valence-electron chi connectivity index (χ1n) is 9.07. The molecule has 150 valence electrons. The van der Waals surface area contributed by atoms with Gasteiger partial charge in [0, 0.05) is 16.1 Å². The number of para-hydroxylation sites is 1. The number of benzene rings is 3. The number of hydrogen-bond acceptors (Lipinski definition) is 5. The van der Waals surface area contributed by atoms with Gasteiger partial charge in [0.1, 0.15) is 13.2 Å². The summed E-state index contributed by atoms with van der Waals surface area (Å²) >= 11 is 6.34. The zero-order valence-electron chi connectivity index (χ0n) is 15.7. The summed E-state index contributed by atoms with van der Waals surface area (Å²) in [5.41, 5.74) is 2.55. The molecule has 1 aliphatic rings. The molecule has 4 rings (SSSR count). The molecule has 1 unspecified atom stereocenters. The van der Waals surface area contributed by atoms with Gasteiger partial charge in [-0.25, -0.2) is 0 Å². The average Bonchev–Trinajstić information content (AvgIpc) is 2.72. The number of ether oxygens (including phenoxy) is 2. The van der Waals surface area contributed by atoms with Gasteiger partial charge in [-0.3, -0.25) is 4.18 Å². The van der Waals surface area contributed by atoms with Crippen molar-refractivity contribution in [3.8, 4) is 22.6 Å². The van der Waals surface area contributed by atoms with Gasteiger partial charge in [-0.1, -0.05) is 59.6 Å². The summed E-state index contributed by atoms with van der Waals surface area (Å²) in [4.78, 5) is 0.108. The molecule has 0 saturated carbocycles.